The van der Waals surface area contributed by atoms with E-state index in [0.29, 0.717) is 44.0 Å². The molecule has 0 atom stereocenters. The van der Waals surface area contributed by atoms with Crippen LogP contribution in [0.3, 0.4) is 0 Å². The fraction of sp³-hybridized carbons (Fsp3) is 0.385. The van der Waals surface area contributed by atoms with Crippen molar-refractivity contribution in [2.75, 3.05) is 43.0 Å². The van der Waals surface area contributed by atoms with E-state index in [-0.39, 0.29) is 30.7 Å². The molecule has 0 radical (unpaired) electrons. The minimum Gasteiger partial charge on any atom is -0.335 e. The molecule has 0 spiro atoms. The predicted molar refractivity (Wildman–Crippen MR) is 133 cm³/mol. The van der Waals surface area contributed by atoms with Crippen molar-refractivity contribution in [2.24, 2.45) is 5.10 Å². The number of piperazine rings is 1. The van der Waals surface area contributed by atoms with Crippen LogP contribution in [0.15, 0.2) is 53.6 Å². The van der Waals surface area contributed by atoms with Crippen LogP contribution in [0.4, 0.5) is 11.4 Å². The Morgan fingerprint density at radius 2 is 1.76 bits per heavy atom. The first-order valence-electron chi connectivity index (χ1n) is 11.8. The van der Waals surface area contributed by atoms with Crippen molar-refractivity contribution >= 4 is 34.8 Å². The monoisotopic (exact) mass is 461 g/mol. The number of nitrogens with one attached hydrogen (secondary N) is 1. The largest absolute Gasteiger partial charge is 0.335 e. The first-order chi connectivity index (χ1) is 16.4. The maximum Gasteiger partial charge on any atom is 0.270 e. The second-order valence-corrected chi connectivity index (χ2v) is 8.72. The molecule has 34 heavy (non-hydrogen) atoms. The molecule has 3 amide bonds. The number of hydrogen-bond donors (Lipinski definition) is 1. The lowest BCUT2D eigenvalue weighted by Gasteiger charge is -2.35. The first-order valence-corrected chi connectivity index (χ1v) is 11.8. The smallest absolute Gasteiger partial charge is 0.270 e. The van der Waals surface area contributed by atoms with Gasteiger partial charge in [0, 0.05) is 44.7 Å². The minimum atomic E-state index is -0.133. The Kier molecular flexibility index (Phi) is 7.37. The van der Waals surface area contributed by atoms with Gasteiger partial charge >= 0.3 is 0 Å². The second-order valence-electron chi connectivity index (χ2n) is 8.72. The topological polar surface area (TPSA) is 85.3 Å². The Hall–Kier alpha value is -3.52. The molecule has 2 aliphatic rings. The standard InChI is InChI=1S/C26H31N5O3/c1-3-20-8-4-5-10-22(20)27-24(32)18-29-13-15-30(16-14-29)26(34)23-11-12-25(33)31(28-23)21-9-6-7-19(2)17-21/h4-10,17H,3,11-16,18H2,1-2H3,(H,27,32). The summed E-state index contributed by atoms with van der Waals surface area (Å²) >= 11 is 0. The van der Waals surface area contributed by atoms with Crippen molar-refractivity contribution in [2.45, 2.75) is 33.1 Å². The molecule has 0 saturated carbocycles. The Bertz CT molecular complexity index is 1110. The first kappa shape index (κ1) is 23.6. The third kappa shape index (κ3) is 5.51. The highest BCUT2D eigenvalue weighted by Gasteiger charge is 2.30. The fourth-order valence-corrected chi connectivity index (χ4v) is 4.30. The van der Waals surface area contributed by atoms with Crippen LogP contribution in [-0.4, -0.2) is 66.0 Å². The average Bonchev–Trinajstić information content (AvgIpc) is 2.84. The highest BCUT2D eigenvalue weighted by atomic mass is 16.2. The number of aryl methyl sites for hydroxylation is 2. The van der Waals surface area contributed by atoms with Gasteiger partial charge in [-0.15, -0.1) is 0 Å². The summed E-state index contributed by atoms with van der Waals surface area (Å²) in [5, 5.41) is 8.76. The fourth-order valence-electron chi connectivity index (χ4n) is 4.30. The van der Waals surface area contributed by atoms with Gasteiger partial charge in [0.25, 0.3) is 5.91 Å². The van der Waals surface area contributed by atoms with Gasteiger partial charge < -0.3 is 10.2 Å². The molecule has 1 saturated heterocycles. The molecular formula is C26H31N5O3. The molecule has 0 aliphatic carbocycles. The lowest BCUT2D eigenvalue weighted by molar-refractivity contribution is -0.126. The van der Waals surface area contributed by atoms with E-state index in [4.69, 9.17) is 0 Å². The SMILES string of the molecule is CCc1ccccc1NC(=O)CN1CCN(C(=O)C2=NN(c3cccc(C)c3)C(=O)CC2)CC1. The van der Waals surface area contributed by atoms with Crippen molar-refractivity contribution in [3.8, 4) is 0 Å². The van der Waals surface area contributed by atoms with Crippen LogP contribution < -0.4 is 10.3 Å². The highest BCUT2D eigenvalue weighted by molar-refractivity contribution is 6.40. The van der Waals surface area contributed by atoms with Gasteiger partial charge in [-0.25, -0.2) is 5.01 Å². The molecule has 1 N–H and O–H groups in total. The van der Waals surface area contributed by atoms with E-state index in [9.17, 15) is 14.4 Å². The molecule has 8 heteroatoms. The number of rotatable bonds is 6. The van der Waals surface area contributed by atoms with Crippen LogP contribution in [0.25, 0.3) is 0 Å². The molecule has 0 bridgehead atoms. The van der Waals surface area contributed by atoms with E-state index in [0.717, 1.165) is 23.2 Å². The van der Waals surface area contributed by atoms with Crippen molar-refractivity contribution in [1.82, 2.24) is 9.80 Å². The third-order valence-electron chi connectivity index (χ3n) is 6.22. The van der Waals surface area contributed by atoms with Crippen LogP contribution in [0, 0.1) is 6.92 Å². The zero-order valence-corrected chi connectivity index (χ0v) is 19.8. The van der Waals surface area contributed by atoms with Gasteiger partial charge in [0.05, 0.1) is 12.2 Å². The molecule has 0 aromatic heterocycles. The number of hydrogen-bond acceptors (Lipinski definition) is 5. The summed E-state index contributed by atoms with van der Waals surface area (Å²) in [7, 11) is 0. The summed E-state index contributed by atoms with van der Waals surface area (Å²) in [6, 6.07) is 15.4. The zero-order chi connectivity index (χ0) is 24.1. The molecule has 2 aliphatic heterocycles. The Labute approximate surface area is 200 Å². The number of carbonyl (C=O) groups is 3. The Balaban J connectivity index is 1.33. The molecule has 4 rings (SSSR count). The number of amides is 3. The summed E-state index contributed by atoms with van der Waals surface area (Å²) in [6.45, 7) is 6.58. The van der Waals surface area contributed by atoms with Gasteiger partial charge in [0.2, 0.25) is 11.8 Å². The van der Waals surface area contributed by atoms with E-state index in [1.807, 2.05) is 55.5 Å². The van der Waals surface area contributed by atoms with E-state index in [1.165, 1.54) is 5.01 Å². The average molecular weight is 462 g/mol. The molecule has 2 heterocycles. The summed E-state index contributed by atoms with van der Waals surface area (Å²) in [4.78, 5) is 41.9. The van der Waals surface area contributed by atoms with E-state index < -0.39 is 0 Å². The summed E-state index contributed by atoms with van der Waals surface area (Å²) in [6.07, 6.45) is 1.46. The maximum absolute atomic E-state index is 13.1. The van der Waals surface area contributed by atoms with E-state index in [2.05, 4.69) is 22.2 Å². The van der Waals surface area contributed by atoms with Gasteiger partial charge in [0.1, 0.15) is 5.71 Å². The van der Waals surface area contributed by atoms with Crippen LogP contribution in [-0.2, 0) is 20.8 Å². The molecule has 178 valence electrons. The number of carbonyl (C=O) groups excluding carboxylic acids is 3. The number of anilines is 2. The number of hydrazone groups is 1. The van der Waals surface area contributed by atoms with Gasteiger partial charge in [-0.3, -0.25) is 19.3 Å². The van der Waals surface area contributed by atoms with Crippen LogP contribution >= 0.6 is 0 Å². The van der Waals surface area contributed by atoms with Crippen LogP contribution in [0.2, 0.25) is 0 Å². The Morgan fingerprint density at radius 3 is 2.50 bits per heavy atom. The summed E-state index contributed by atoms with van der Waals surface area (Å²) in [5.74, 6) is -0.293. The van der Waals surface area contributed by atoms with Crippen molar-refractivity contribution in [1.29, 1.82) is 0 Å². The number of nitrogens with zero attached hydrogens (tertiary/aromatic N) is 4. The predicted octanol–water partition coefficient (Wildman–Crippen LogP) is 2.82. The molecule has 2 aromatic carbocycles. The zero-order valence-electron chi connectivity index (χ0n) is 19.8. The second kappa shape index (κ2) is 10.6. The van der Waals surface area contributed by atoms with E-state index in [1.54, 1.807) is 4.90 Å². The molecular weight excluding hydrogens is 430 g/mol. The Morgan fingerprint density at radius 1 is 1.00 bits per heavy atom. The molecule has 2 aromatic rings. The molecule has 1 fully saturated rings. The molecule has 8 nitrogen and oxygen atoms in total. The van der Waals surface area contributed by atoms with Gasteiger partial charge in [0.15, 0.2) is 0 Å². The third-order valence-corrected chi connectivity index (χ3v) is 6.22. The van der Waals surface area contributed by atoms with Crippen LogP contribution in [0.5, 0.6) is 0 Å². The lowest BCUT2D eigenvalue weighted by atomic mass is 10.1. The summed E-state index contributed by atoms with van der Waals surface area (Å²) in [5.41, 5.74) is 4.07. The minimum absolute atomic E-state index is 0.0513. The maximum atomic E-state index is 13.1. The molecule has 0 unspecified atom stereocenters. The van der Waals surface area contributed by atoms with Crippen molar-refractivity contribution in [3.63, 3.8) is 0 Å². The highest BCUT2D eigenvalue weighted by Crippen LogP contribution is 2.22. The van der Waals surface area contributed by atoms with Gasteiger partial charge in [-0.05, 0) is 42.7 Å². The van der Waals surface area contributed by atoms with Gasteiger partial charge in [-0.1, -0.05) is 37.3 Å². The lowest BCUT2D eigenvalue weighted by Crippen LogP contribution is -2.52. The van der Waals surface area contributed by atoms with Crippen LogP contribution in [0.1, 0.15) is 30.9 Å². The summed E-state index contributed by atoms with van der Waals surface area (Å²) < 4.78 is 0. The number of para-hydroxylation sites is 1. The van der Waals surface area contributed by atoms with Gasteiger partial charge in [-0.2, -0.15) is 5.10 Å². The van der Waals surface area contributed by atoms with E-state index >= 15 is 0 Å². The van der Waals surface area contributed by atoms with Crippen molar-refractivity contribution < 1.29 is 14.4 Å². The number of benzene rings is 2. The normalized spacial score (nSPS) is 16.9. The quantitative estimate of drug-likeness (QED) is 0.717. The van der Waals surface area contributed by atoms with Crippen molar-refractivity contribution in [3.05, 3.63) is 59.7 Å².